The van der Waals surface area contributed by atoms with Crippen LogP contribution in [0.15, 0.2) is 12.1 Å². The van der Waals surface area contributed by atoms with Crippen LogP contribution in [0, 0.1) is 0 Å². The number of phenolic OH excluding ortho intramolecular Hbond substituents is 2. The molecule has 23 heavy (non-hydrogen) atoms. The molecule has 1 rings (SSSR count). The van der Waals surface area contributed by atoms with Crippen molar-refractivity contribution in [3.05, 3.63) is 17.7 Å². The first-order chi connectivity index (χ1) is 11.2. The summed E-state index contributed by atoms with van der Waals surface area (Å²) in [4.78, 5) is 0. The number of methoxy groups -OCH3 is 2. The van der Waals surface area contributed by atoms with Crippen molar-refractivity contribution < 1.29 is 24.8 Å². The zero-order valence-electron chi connectivity index (χ0n) is 14.0. The lowest BCUT2D eigenvalue weighted by Crippen LogP contribution is -1.93. The summed E-state index contributed by atoms with van der Waals surface area (Å²) in [6, 6.07) is 1.46. The molecule has 0 atom stereocenters. The molecule has 0 aliphatic heterocycles. The maximum atomic E-state index is 10.2. The number of allylic oxidation sites excluding steroid dienone is 1. The Morgan fingerprint density at radius 1 is 0.913 bits per heavy atom. The van der Waals surface area contributed by atoms with Crippen molar-refractivity contribution in [2.24, 2.45) is 0 Å². The van der Waals surface area contributed by atoms with Gasteiger partial charge in [0, 0.05) is 12.2 Å². The summed E-state index contributed by atoms with van der Waals surface area (Å²) < 4.78 is 10.1. The molecule has 0 bridgehead atoms. The zero-order valence-corrected chi connectivity index (χ0v) is 14.0. The fraction of sp³-hybridized carbons (Fsp3) is 0.556. The molecular weight excluding hydrogens is 296 g/mol. The number of aromatic hydroxyl groups is 2. The van der Waals surface area contributed by atoms with Crippen molar-refractivity contribution in [1.82, 2.24) is 0 Å². The normalized spacial score (nSPS) is 11.1. The minimum absolute atomic E-state index is 0.0394. The number of unbranched alkanes of at least 4 members (excludes halogenated alkanes) is 6. The quantitative estimate of drug-likeness (QED) is 0.425. The van der Waals surface area contributed by atoms with Gasteiger partial charge in [-0.2, -0.15) is 0 Å². The SMILES string of the molecule is COc1c(O)cc(/C=C/CCCCCCCCO)c(O)c1OC. The summed E-state index contributed by atoms with van der Waals surface area (Å²) >= 11 is 0. The fourth-order valence-electron chi connectivity index (χ4n) is 2.44. The van der Waals surface area contributed by atoms with Gasteiger partial charge in [0.25, 0.3) is 0 Å². The third kappa shape index (κ3) is 6.02. The van der Waals surface area contributed by atoms with Crippen LogP contribution in [0.3, 0.4) is 0 Å². The maximum absolute atomic E-state index is 10.2. The van der Waals surface area contributed by atoms with Crippen LogP contribution in [0.1, 0.15) is 50.5 Å². The number of ether oxygens (including phenoxy) is 2. The molecule has 0 saturated carbocycles. The molecule has 1 aromatic rings. The second-order valence-corrected chi connectivity index (χ2v) is 5.44. The number of rotatable bonds is 11. The third-order valence-corrected chi connectivity index (χ3v) is 3.70. The average Bonchev–Trinajstić information content (AvgIpc) is 2.55. The van der Waals surface area contributed by atoms with E-state index in [0.29, 0.717) is 5.56 Å². The van der Waals surface area contributed by atoms with Gasteiger partial charge < -0.3 is 24.8 Å². The van der Waals surface area contributed by atoms with Gasteiger partial charge in [0.15, 0.2) is 11.5 Å². The fourth-order valence-corrected chi connectivity index (χ4v) is 2.44. The number of aliphatic hydroxyl groups excluding tert-OH is 1. The van der Waals surface area contributed by atoms with Gasteiger partial charge in [-0.1, -0.05) is 37.8 Å². The van der Waals surface area contributed by atoms with Crippen molar-refractivity contribution in [3.63, 3.8) is 0 Å². The van der Waals surface area contributed by atoms with Crippen molar-refractivity contribution >= 4 is 6.08 Å². The molecule has 0 unspecified atom stereocenters. The molecule has 5 nitrogen and oxygen atoms in total. The van der Waals surface area contributed by atoms with Gasteiger partial charge in [0.05, 0.1) is 14.2 Å². The van der Waals surface area contributed by atoms with Crippen LogP contribution in [0.2, 0.25) is 0 Å². The first-order valence-corrected chi connectivity index (χ1v) is 8.10. The monoisotopic (exact) mass is 324 g/mol. The maximum Gasteiger partial charge on any atom is 0.207 e. The van der Waals surface area contributed by atoms with Crippen LogP contribution < -0.4 is 9.47 Å². The predicted molar refractivity (Wildman–Crippen MR) is 91.3 cm³/mol. The molecule has 130 valence electrons. The van der Waals surface area contributed by atoms with Crippen LogP contribution >= 0.6 is 0 Å². The Labute approximate surface area is 138 Å². The Kier molecular flexibility index (Phi) is 8.98. The number of hydrogen-bond donors (Lipinski definition) is 3. The van der Waals surface area contributed by atoms with Gasteiger partial charge in [0.1, 0.15) is 0 Å². The van der Waals surface area contributed by atoms with E-state index in [1.54, 1.807) is 6.08 Å². The van der Waals surface area contributed by atoms with Crippen LogP contribution in [0.25, 0.3) is 6.08 Å². The van der Waals surface area contributed by atoms with E-state index >= 15 is 0 Å². The van der Waals surface area contributed by atoms with E-state index in [1.165, 1.54) is 26.7 Å². The molecule has 0 amide bonds. The lowest BCUT2D eigenvalue weighted by atomic mass is 10.1. The molecule has 0 saturated heterocycles. The second-order valence-electron chi connectivity index (χ2n) is 5.44. The number of benzene rings is 1. The predicted octanol–water partition coefficient (Wildman–Crippen LogP) is 3.85. The van der Waals surface area contributed by atoms with E-state index in [4.69, 9.17) is 14.6 Å². The number of aliphatic hydroxyl groups is 1. The van der Waals surface area contributed by atoms with Crippen molar-refractivity contribution in [2.75, 3.05) is 20.8 Å². The van der Waals surface area contributed by atoms with Gasteiger partial charge in [-0.3, -0.25) is 0 Å². The van der Waals surface area contributed by atoms with Crippen molar-refractivity contribution in [1.29, 1.82) is 0 Å². The highest BCUT2D eigenvalue weighted by Gasteiger charge is 2.17. The topological polar surface area (TPSA) is 79.2 Å². The van der Waals surface area contributed by atoms with Gasteiger partial charge in [-0.15, -0.1) is 0 Å². The highest BCUT2D eigenvalue weighted by molar-refractivity contribution is 5.70. The molecule has 0 fully saturated rings. The molecule has 0 radical (unpaired) electrons. The molecule has 0 heterocycles. The summed E-state index contributed by atoms with van der Waals surface area (Å²) in [6.45, 7) is 0.282. The molecule has 3 N–H and O–H groups in total. The van der Waals surface area contributed by atoms with Gasteiger partial charge in [-0.05, 0) is 25.3 Å². The summed E-state index contributed by atoms with van der Waals surface area (Å²) in [6.07, 6.45) is 11.2. The molecule has 0 aromatic heterocycles. The highest BCUT2D eigenvalue weighted by Crippen LogP contribution is 2.45. The molecule has 1 aromatic carbocycles. The van der Waals surface area contributed by atoms with Gasteiger partial charge >= 0.3 is 0 Å². The summed E-state index contributed by atoms with van der Waals surface area (Å²) in [5, 5.41) is 28.8. The van der Waals surface area contributed by atoms with E-state index in [0.717, 1.165) is 38.5 Å². The van der Waals surface area contributed by atoms with Crippen LogP contribution in [0.4, 0.5) is 0 Å². The van der Waals surface area contributed by atoms with Crippen molar-refractivity contribution in [3.8, 4) is 23.0 Å². The summed E-state index contributed by atoms with van der Waals surface area (Å²) in [5.41, 5.74) is 0.503. The third-order valence-electron chi connectivity index (χ3n) is 3.70. The van der Waals surface area contributed by atoms with E-state index < -0.39 is 0 Å². The molecule has 0 aliphatic rings. The lowest BCUT2D eigenvalue weighted by Gasteiger charge is -2.12. The first kappa shape index (κ1) is 19.2. The number of phenols is 2. The van der Waals surface area contributed by atoms with E-state index in [9.17, 15) is 10.2 Å². The largest absolute Gasteiger partial charge is 0.504 e. The number of hydrogen-bond acceptors (Lipinski definition) is 5. The second kappa shape index (κ2) is 10.8. The van der Waals surface area contributed by atoms with Crippen LogP contribution in [-0.2, 0) is 0 Å². The Morgan fingerprint density at radius 2 is 1.52 bits per heavy atom. The minimum atomic E-state index is -0.0642. The standard InChI is InChI=1S/C18H28O5/c1-22-17-15(20)13-14(16(21)18(17)23-2)11-9-7-5-3-4-6-8-10-12-19/h9,11,13,19-21H,3-8,10,12H2,1-2H3/b11-9+. The Morgan fingerprint density at radius 3 is 2.13 bits per heavy atom. The molecule has 5 heteroatoms. The van der Waals surface area contributed by atoms with Crippen LogP contribution in [-0.4, -0.2) is 36.1 Å². The smallest absolute Gasteiger partial charge is 0.207 e. The van der Waals surface area contributed by atoms with E-state index in [-0.39, 0.29) is 29.6 Å². The molecule has 0 aliphatic carbocycles. The van der Waals surface area contributed by atoms with Crippen LogP contribution in [0.5, 0.6) is 23.0 Å². The Balaban J connectivity index is 2.49. The lowest BCUT2D eigenvalue weighted by molar-refractivity contribution is 0.282. The highest BCUT2D eigenvalue weighted by atomic mass is 16.5. The first-order valence-electron chi connectivity index (χ1n) is 8.10. The summed E-state index contributed by atoms with van der Waals surface area (Å²) in [7, 11) is 2.83. The summed E-state index contributed by atoms with van der Waals surface area (Å²) in [5.74, 6) is 0.161. The van der Waals surface area contributed by atoms with Gasteiger partial charge in [0.2, 0.25) is 11.5 Å². The van der Waals surface area contributed by atoms with E-state index in [1.807, 2.05) is 6.08 Å². The Bertz CT molecular complexity index is 497. The van der Waals surface area contributed by atoms with E-state index in [2.05, 4.69) is 0 Å². The Hall–Kier alpha value is -1.88. The molecule has 0 spiro atoms. The zero-order chi connectivity index (χ0) is 17.1. The minimum Gasteiger partial charge on any atom is -0.504 e. The van der Waals surface area contributed by atoms with Gasteiger partial charge in [-0.25, -0.2) is 0 Å². The molecular formula is C18H28O5. The van der Waals surface area contributed by atoms with Crippen molar-refractivity contribution in [2.45, 2.75) is 44.9 Å². The average molecular weight is 324 g/mol.